The molecule has 0 bridgehead atoms. The highest BCUT2D eigenvalue weighted by atomic mass is 35.5. The number of hydrogen-bond acceptors (Lipinski definition) is 3. The van der Waals surface area contributed by atoms with Crippen molar-refractivity contribution in [3.63, 3.8) is 0 Å². The summed E-state index contributed by atoms with van der Waals surface area (Å²) < 4.78 is 6.99. The first-order chi connectivity index (χ1) is 11.5. The van der Waals surface area contributed by atoms with E-state index in [-0.39, 0.29) is 12.1 Å². The summed E-state index contributed by atoms with van der Waals surface area (Å²) in [5.74, 6) is 1.00. The molecule has 3 rings (SSSR count). The number of aryl methyl sites for hydroxylation is 2. The van der Waals surface area contributed by atoms with Crippen LogP contribution in [0.5, 0.6) is 5.88 Å². The van der Waals surface area contributed by atoms with Gasteiger partial charge in [0.25, 0.3) is 0 Å². The van der Waals surface area contributed by atoms with Gasteiger partial charge in [-0.05, 0) is 31.0 Å². The standard InChI is InChI=1S/C17H21ClN4O2/c1-10-14(16(24-3)22(2)21-10)9-19-17(23)20-15-8-13(15)11-5-4-6-12(18)7-11/h4-7,13,15H,8-9H2,1-3H3,(H2,19,20,23)/t13-,15+/m0/s1. The van der Waals surface area contributed by atoms with Crippen molar-refractivity contribution in [2.24, 2.45) is 7.05 Å². The Hall–Kier alpha value is -2.21. The molecule has 2 amide bonds. The average Bonchev–Trinajstić information content (AvgIpc) is 3.23. The monoisotopic (exact) mass is 348 g/mol. The molecule has 1 heterocycles. The van der Waals surface area contributed by atoms with Gasteiger partial charge in [-0.25, -0.2) is 9.48 Å². The Bertz CT molecular complexity index is 759. The minimum atomic E-state index is -0.185. The van der Waals surface area contributed by atoms with Crippen molar-refractivity contribution < 1.29 is 9.53 Å². The number of nitrogens with one attached hydrogen (secondary N) is 2. The van der Waals surface area contributed by atoms with Gasteiger partial charge < -0.3 is 15.4 Å². The van der Waals surface area contributed by atoms with Crippen LogP contribution in [0.15, 0.2) is 24.3 Å². The van der Waals surface area contributed by atoms with Crippen molar-refractivity contribution in [3.8, 4) is 5.88 Å². The molecule has 2 atom stereocenters. The van der Waals surface area contributed by atoms with E-state index >= 15 is 0 Å². The van der Waals surface area contributed by atoms with Crippen LogP contribution in [0.25, 0.3) is 0 Å². The van der Waals surface area contributed by atoms with Crippen LogP contribution in [-0.4, -0.2) is 29.0 Å². The first kappa shape index (κ1) is 16.6. The first-order valence-corrected chi connectivity index (χ1v) is 8.23. The van der Waals surface area contributed by atoms with Crippen molar-refractivity contribution in [2.45, 2.75) is 31.8 Å². The number of aromatic nitrogens is 2. The lowest BCUT2D eigenvalue weighted by Crippen LogP contribution is -2.37. The lowest BCUT2D eigenvalue weighted by atomic mass is 10.1. The second-order valence-electron chi connectivity index (χ2n) is 6.03. The van der Waals surface area contributed by atoms with E-state index in [0.717, 1.165) is 28.3 Å². The first-order valence-electron chi connectivity index (χ1n) is 7.86. The molecule has 1 aliphatic rings. The van der Waals surface area contributed by atoms with E-state index in [4.69, 9.17) is 16.3 Å². The number of carbonyl (C=O) groups is 1. The lowest BCUT2D eigenvalue weighted by molar-refractivity contribution is 0.239. The van der Waals surface area contributed by atoms with Crippen LogP contribution in [0.4, 0.5) is 4.79 Å². The number of carbonyl (C=O) groups excluding carboxylic acids is 1. The number of ether oxygens (including phenoxy) is 1. The highest BCUT2D eigenvalue weighted by Crippen LogP contribution is 2.41. The third kappa shape index (κ3) is 3.48. The largest absolute Gasteiger partial charge is 0.481 e. The van der Waals surface area contributed by atoms with E-state index in [1.165, 1.54) is 0 Å². The molecule has 0 aliphatic heterocycles. The van der Waals surface area contributed by atoms with Crippen molar-refractivity contribution in [2.75, 3.05) is 7.11 Å². The van der Waals surface area contributed by atoms with Gasteiger partial charge in [0, 0.05) is 24.0 Å². The maximum atomic E-state index is 12.1. The summed E-state index contributed by atoms with van der Waals surface area (Å²) in [7, 11) is 3.41. The third-order valence-corrected chi connectivity index (χ3v) is 4.53. The molecule has 2 aromatic rings. The summed E-state index contributed by atoms with van der Waals surface area (Å²) in [6, 6.07) is 7.75. The fourth-order valence-electron chi connectivity index (χ4n) is 2.99. The number of methoxy groups -OCH3 is 1. The molecule has 0 radical (unpaired) electrons. The topological polar surface area (TPSA) is 68.2 Å². The predicted molar refractivity (Wildman–Crippen MR) is 92.5 cm³/mol. The number of rotatable bonds is 5. The second kappa shape index (κ2) is 6.73. The van der Waals surface area contributed by atoms with Crippen LogP contribution >= 0.6 is 11.6 Å². The van der Waals surface area contributed by atoms with E-state index < -0.39 is 0 Å². The number of benzene rings is 1. The van der Waals surface area contributed by atoms with Crippen LogP contribution in [0.1, 0.15) is 29.2 Å². The summed E-state index contributed by atoms with van der Waals surface area (Å²) in [5, 5.41) is 10.9. The molecule has 7 heteroatoms. The minimum absolute atomic E-state index is 0.153. The molecule has 0 unspecified atom stereocenters. The molecule has 1 aromatic carbocycles. The summed E-state index contributed by atoms with van der Waals surface area (Å²) in [4.78, 5) is 12.1. The zero-order valence-corrected chi connectivity index (χ0v) is 14.7. The van der Waals surface area contributed by atoms with Gasteiger partial charge in [0.15, 0.2) is 0 Å². The SMILES string of the molecule is COc1c(CNC(=O)N[C@@H]2C[C@H]2c2cccc(Cl)c2)c(C)nn1C. The number of urea groups is 1. The second-order valence-corrected chi connectivity index (χ2v) is 6.46. The van der Waals surface area contributed by atoms with Gasteiger partial charge in [-0.15, -0.1) is 0 Å². The van der Waals surface area contributed by atoms with Gasteiger partial charge in [0.2, 0.25) is 5.88 Å². The number of nitrogens with zero attached hydrogens (tertiary/aromatic N) is 2. The number of halogens is 1. The fraction of sp³-hybridized carbons (Fsp3) is 0.412. The molecular weight excluding hydrogens is 328 g/mol. The van der Waals surface area contributed by atoms with E-state index in [9.17, 15) is 4.79 Å². The predicted octanol–water partition coefficient (Wildman–Crippen LogP) is 2.75. The van der Waals surface area contributed by atoms with E-state index in [1.54, 1.807) is 11.8 Å². The Balaban J connectivity index is 1.53. The Morgan fingerprint density at radius 2 is 2.29 bits per heavy atom. The Kier molecular flexibility index (Phi) is 4.66. The summed E-state index contributed by atoms with van der Waals surface area (Å²) in [6.07, 6.45) is 0.934. The molecule has 0 spiro atoms. The van der Waals surface area contributed by atoms with Gasteiger partial charge in [-0.3, -0.25) is 0 Å². The third-order valence-electron chi connectivity index (χ3n) is 4.29. The zero-order chi connectivity index (χ0) is 17.3. The average molecular weight is 349 g/mol. The van der Waals surface area contributed by atoms with Crippen molar-refractivity contribution in [1.82, 2.24) is 20.4 Å². The van der Waals surface area contributed by atoms with Crippen molar-refractivity contribution in [1.29, 1.82) is 0 Å². The smallest absolute Gasteiger partial charge is 0.315 e. The van der Waals surface area contributed by atoms with Crippen LogP contribution in [0.2, 0.25) is 5.02 Å². The Labute approximate surface area is 146 Å². The molecule has 1 fully saturated rings. The van der Waals surface area contributed by atoms with Crippen molar-refractivity contribution >= 4 is 17.6 Å². The molecule has 6 nitrogen and oxygen atoms in total. The van der Waals surface area contributed by atoms with Crippen LogP contribution < -0.4 is 15.4 Å². The van der Waals surface area contributed by atoms with Gasteiger partial charge in [0.1, 0.15) is 0 Å². The molecule has 2 N–H and O–H groups in total. The highest BCUT2D eigenvalue weighted by molar-refractivity contribution is 6.30. The Morgan fingerprint density at radius 1 is 1.50 bits per heavy atom. The quantitative estimate of drug-likeness (QED) is 0.873. The fourth-order valence-corrected chi connectivity index (χ4v) is 3.19. The minimum Gasteiger partial charge on any atom is -0.481 e. The summed E-state index contributed by atoms with van der Waals surface area (Å²) >= 11 is 6.01. The lowest BCUT2D eigenvalue weighted by Gasteiger charge is -2.09. The summed E-state index contributed by atoms with van der Waals surface area (Å²) in [6.45, 7) is 2.27. The normalized spacial score (nSPS) is 19.0. The van der Waals surface area contributed by atoms with E-state index in [2.05, 4.69) is 15.7 Å². The molecule has 1 aromatic heterocycles. The maximum absolute atomic E-state index is 12.1. The van der Waals surface area contributed by atoms with Crippen LogP contribution in [-0.2, 0) is 13.6 Å². The zero-order valence-electron chi connectivity index (χ0n) is 14.0. The van der Waals surface area contributed by atoms with Gasteiger partial charge >= 0.3 is 6.03 Å². The van der Waals surface area contributed by atoms with Crippen LogP contribution in [0, 0.1) is 6.92 Å². The van der Waals surface area contributed by atoms with Gasteiger partial charge in [-0.1, -0.05) is 23.7 Å². The van der Waals surface area contributed by atoms with E-state index in [1.807, 2.05) is 38.2 Å². The number of amides is 2. The highest BCUT2D eigenvalue weighted by Gasteiger charge is 2.39. The Morgan fingerprint density at radius 3 is 3.00 bits per heavy atom. The number of hydrogen-bond donors (Lipinski definition) is 2. The molecular formula is C17H21ClN4O2. The molecule has 128 valence electrons. The molecule has 1 saturated carbocycles. The van der Waals surface area contributed by atoms with Crippen LogP contribution in [0.3, 0.4) is 0 Å². The van der Waals surface area contributed by atoms with Gasteiger partial charge in [0.05, 0.1) is 24.9 Å². The molecule has 0 saturated heterocycles. The van der Waals surface area contributed by atoms with Gasteiger partial charge in [-0.2, -0.15) is 5.10 Å². The van der Waals surface area contributed by atoms with Crippen molar-refractivity contribution in [3.05, 3.63) is 46.1 Å². The molecule has 24 heavy (non-hydrogen) atoms. The maximum Gasteiger partial charge on any atom is 0.315 e. The van der Waals surface area contributed by atoms with E-state index in [0.29, 0.717) is 18.3 Å². The molecule has 1 aliphatic carbocycles. The summed E-state index contributed by atoms with van der Waals surface area (Å²) in [5.41, 5.74) is 2.90.